The van der Waals surface area contributed by atoms with Crippen molar-refractivity contribution in [2.45, 2.75) is 24.8 Å². The minimum absolute atomic E-state index is 0. The van der Waals surface area contributed by atoms with E-state index in [-0.39, 0.29) is 24.0 Å². The van der Waals surface area contributed by atoms with Gasteiger partial charge in [-0.1, -0.05) is 34.1 Å². The molecule has 2 unspecified atom stereocenters. The van der Waals surface area contributed by atoms with E-state index in [9.17, 15) is 0 Å². The smallest absolute Gasteiger partial charge is 0.191 e. The average Bonchev–Trinajstić information content (AvgIpc) is 3.46. The van der Waals surface area contributed by atoms with E-state index in [0.29, 0.717) is 12.0 Å². The van der Waals surface area contributed by atoms with Gasteiger partial charge in [-0.25, -0.2) is 0 Å². The van der Waals surface area contributed by atoms with Crippen molar-refractivity contribution in [2.75, 3.05) is 27.8 Å². The van der Waals surface area contributed by atoms with Crippen molar-refractivity contribution in [3.63, 3.8) is 0 Å². The number of halogens is 2. The van der Waals surface area contributed by atoms with E-state index in [2.05, 4.69) is 61.9 Å². The number of ether oxygens (including phenoxy) is 2. The zero-order valence-electron chi connectivity index (χ0n) is 16.4. The maximum atomic E-state index is 5.36. The van der Waals surface area contributed by atoms with Gasteiger partial charge in [0.2, 0.25) is 0 Å². The van der Waals surface area contributed by atoms with Crippen molar-refractivity contribution in [3.05, 3.63) is 58.1 Å². The van der Waals surface area contributed by atoms with E-state index >= 15 is 0 Å². The molecule has 2 atom stereocenters. The molecule has 3 rings (SSSR count). The number of methoxy groups -OCH3 is 2. The molecular formula is C21H27BrIN3O2. The number of aliphatic imine (C=N–C) groups is 1. The highest BCUT2D eigenvalue weighted by atomic mass is 127. The molecule has 0 heterocycles. The highest BCUT2D eigenvalue weighted by molar-refractivity contribution is 14.0. The zero-order chi connectivity index (χ0) is 19.2. The van der Waals surface area contributed by atoms with Crippen LogP contribution in [0, 0.1) is 0 Å². The molecule has 0 aliphatic heterocycles. The molecule has 0 saturated heterocycles. The second-order valence-corrected chi connectivity index (χ2v) is 7.50. The Balaban J connectivity index is 0.00000280. The van der Waals surface area contributed by atoms with Crippen LogP contribution in [-0.4, -0.2) is 39.8 Å². The number of guanidine groups is 1. The Hall–Kier alpha value is -1.48. The summed E-state index contributed by atoms with van der Waals surface area (Å²) in [6, 6.07) is 15.0. The van der Waals surface area contributed by atoms with Gasteiger partial charge in [0.05, 0.1) is 14.2 Å². The molecule has 1 saturated carbocycles. The summed E-state index contributed by atoms with van der Waals surface area (Å²) in [5.41, 5.74) is 2.56. The Morgan fingerprint density at radius 1 is 1.11 bits per heavy atom. The Morgan fingerprint density at radius 3 is 2.46 bits per heavy atom. The summed E-state index contributed by atoms with van der Waals surface area (Å²) in [4.78, 5) is 4.34. The van der Waals surface area contributed by atoms with E-state index in [4.69, 9.17) is 9.47 Å². The van der Waals surface area contributed by atoms with Crippen molar-refractivity contribution in [3.8, 4) is 11.5 Å². The Labute approximate surface area is 192 Å². The molecule has 152 valence electrons. The van der Waals surface area contributed by atoms with Gasteiger partial charge in [0, 0.05) is 30.0 Å². The SMILES string of the molecule is CN=C(NCCc1ccc(OC)c(OC)c1)NC1CC1c1ccc(Br)cc1.I. The lowest BCUT2D eigenvalue weighted by Gasteiger charge is -2.13. The predicted octanol–water partition coefficient (Wildman–Crippen LogP) is 4.35. The fourth-order valence-electron chi connectivity index (χ4n) is 3.16. The van der Waals surface area contributed by atoms with Gasteiger partial charge in [0.25, 0.3) is 0 Å². The van der Waals surface area contributed by atoms with Crippen LogP contribution in [-0.2, 0) is 6.42 Å². The van der Waals surface area contributed by atoms with Gasteiger partial charge in [0.15, 0.2) is 17.5 Å². The third kappa shape index (κ3) is 6.01. The van der Waals surface area contributed by atoms with Crippen LogP contribution in [0.15, 0.2) is 51.9 Å². The standard InChI is InChI=1S/C21H26BrN3O2.HI/c1-23-21(25-18-13-17(18)15-5-7-16(22)8-6-15)24-11-10-14-4-9-19(26-2)20(12-14)27-3;/h4-9,12,17-18H,10-11,13H2,1-3H3,(H2,23,24,25);1H. The molecular weight excluding hydrogens is 533 g/mol. The Morgan fingerprint density at radius 2 is 1.82 bits per heavy atom. The van der Waals surface area contributed by atoms with Crippen LogP contribution in [0.1, 0.15) is 23.5 Å². The average molecular weight is 560 g/mol. The molecule has 2 N–H and O–H groups in total. The topological polar surface area (TPSA) is 54.9 Å². The molecule has 2 aromatic rings. The van der Waals surface area contributed by atoms with Crippen LogP contribution in [0.5, 0.6) is 11.5 Å². The van der Waals surface area contributed by atoms with E-state index in [1.807, 2.05) is 19.2 Å². The number of benzene rings is 2. The number of nitrogens with zero attached hydrogens (tertiary/aromatic N) is 1. The van der Waals surface area contributed by atoms with Crippen LogP contribution in [0.2, 0.25) is 0 Å². The summed E-state index contributed by atoms with van der Waals surface area (Å²) in [6.07, 6.45) is 2.01. The first-order chi connectivity index (χ1) is 13.1. The van der Waals surface area contributed by atoms with E-state index in [0.717, 1.165) is 41.3 Å². The van der Waals surface area contributed by atoms with Gasteiger partial charge in [0.1, 0.15) is 0 Å². The lowest BCUT2D eigenvalue weighted by Crippen LogP contribution is -2.39. The normalized spacial score (nSPS) is 18.1. The fourth-order valence-corrected chi connectivity index (χ4v) is 3.43. The molecule has 0 spiro atoms. The van der Waals surface area contributed by atoms with Gasteiger partial charge >= 0.3 is 0 Å². The first kappa shape index (κ1) is 22.8. The third-order valence-corrected chi connectivity index (χ3v) is 5.32. The number of nitrogens with one attached hydrogen (secondary N) is 2. The highest BCUT2D eigenvalue weighted by Gasteiger charge is 2.38. The van der Waals surface area contributed by atoms with Gasteiger partial charge in [-0.3, -0.25) is 4.99 Å². The maximum absolute atomic E-state index is 5.36. The minimum atomic E-state index is 0. The van der Waals surface area contributed by atoms with Crippen LogP contribution >= 0.6 is 39.9 Å². The molecule has 0 radical (unpaired) electrons. The summed E-state index contributed by atoms with van der Waals surface area (Å²) in [7, 11) is 5.11. The summed E-state index contributed by atoms with van der Waals surface area (Å²) in [5, 5.41) is 6.91. The van der Waals surface area contributed by atoms with Crippen LogP contribution < -0.4 is 20.1 Å². The monoisotopic (exact) mass is 559 g/mol. The lowest BCUT2D eigenvalue weighted by atomic mass is 10.1. The Bertz CT molecular complexity index is 799. The van der Waals surface area contributed by atoms with Gasteiger partial charge < -0.3 is 20.1 Å². The second-order valence-electron chi connectivity index (χ2n) is 6.58. The third-order valence-electron chi connectivity index (χ3n) is 4.79. The molecule has 1 fully saturated rings. The van der Waals surface area contributed by atoms with Crippen molar-refractivity contribution in [2.24, 2.45) is 4.99 Å². The highest BCUT2D eigenvalue weighted by Crippen LogP contribution is 2.41. The fraction of sp³-hybridized carbons (Fsp3) is 0.381. The molecule has 7 heteroatoms. The van der Waals surface area contributed by atoms with Crippen LogP contribution in [0.3, 0.4) is 0 Å². The van der Waals surface area contributed by atoms with Gasteiger partial charge in [-0.15, -0.1) is 24.0 Å². The van der Waals surface area contributed by atoms with Crippen LogP contribution in [0.25, 0.3) is 0 Å². The van der Waals surface area contributed by atoms with E-state index in [1.165, 1.54) is 11.1 Å². The zero-order valence-corrected chi connectivity index (χ0v) is 20.3. The second kappa shape index (κ2) is 10.9. The molecule has 28 heavy (non-hydrogen) atoms. The molecule has 1 aliphatic rings. The quantitative estimate of drug-likeness (QED) is 0.301. The molecule has 5 nitrogen and oxygen atoms in total. The summed E-state index contributed by atoms with van der Waals surface area (Å²) < 4.78 is 11.8. The van der Waals surface area contributed by atoms with Crippen molar-refractivity contribution < 1.29 is 9.47 Å². The van der Waals surface area contributed by atoms with E-state index < -0.39 is 0 Å². The number of hydrogen-bond donors (Lipinski definition) is 2. The van der Waals surface area contributed by atoms with E-state index in [1.54, 1.807) is 14.2 Å². The van der Waals surface area contributed by atoms with Crippen molar-refractivity contribution in [1.82, 2.24) is 10.6 Å². The molecule has 2 aromatic carbocycles. The number of hydrogen-bond acceptors (Lipinski definition) is 3. The predicted molar refractivity (Wildman–Crippen MR) is 128 cm³/mol. The van der Waals surface area contributed by atoms with Gasteiger partial charge in [-0.2, -0.15) is 0 Å². The molecule has 0 aromatic heterocycles. The summed E-state index contributed by atoms with van der Waals surface area (Å²) in [5.74, 6) is 2.91. The molecule has 0 bridgehead atoms. The molecule has 0 amide bonds. The van der Waals surface area contributed by atoms with Crippen LogP contribution in [0.4, 0.5) is 0 Å². The summed E-state index contributed by atoms with van der Waals surface area (Å²) >= 11 is 3.49. The first-order valence-electron chi connectivity index (χ1n) is 9.08. The first-order valence-corrected chi connectivity index (χ1v) is 9.87. The number of rotatable bonds is 7. The van der Waals surface area contributed by atoms with Crippen molar-refractivity contribution >= 4 is 45.9 Å². The lowest BCUT2D eigenvalue weighted by molar-refractivity contribution is 0.354. The Kier molecular flexibility index (Phi) is 8.88. The van der Waals surface area contributed by atoms with Crippen molar-refractivity contribution in [1.29, 1.82) is 0 Å². The summed E-state index contributed by atoms with van der Waals surface area (Å²) in [6.45, 7) is 0.796. The minimum Gasteiger partial charge on any atom is -0.493 e. The largest absolute Gasteiger partial charge is 0.493 e. The maximum Gasteiger partial charge on any atom is 0.191 e. The van der Waals surface area contributed by atoms with Gasteiger partial charge in [-0.05, 0) is 48.2 Å². The molecule has 1 aliphatic carbocycles.